The number of rotatable bonds is 5. The first-order valence-corrected chi connectivity index (χ1v) is 9.83. The first kappa shape index (κ1) is 21.0. The van der Waals surface area contributed by atoms with Crippen molar-refractivity contribution in [3.8, 4) is 0 Å². The van der Waals surface area contributed by atoms with E-state index in [1.807, 2.05) is 13.8 Å². The number of fused-ring (bicyclic) bond motifs is 1. The zero-order valence-electron chi connectivity index (χ0n) is 16.3. The van der Waals surface area contributed by atoms with Gasteiger partial charge < -0.3 is 10.0 Å². The maximum absolute atomic E-state index is 13.1. The van der Waals surface area contributed by atoms with Crippen LogP contribution in [0.4, 0.5) is 8.78 Å². The van der Waals surface area contributed by atoms with E-state index in [1.54, 1.807) is 18.3 Å². The van der Waals surface area contributed by atoms with E-state index in [4.69, 9.17) is 11.6 Å². The lowest BCUT2D eigenvalue weighted by Gasteiger charge is -2.43. The molecule has 1 aliphatic heterocycles. The molecule has 2 aromatic rings. The SMILES string of the molecule is CC(F)(F)CC(=O)N1CCC(C(C)(C)C(O)c2cc(Cl)cc3cn[nH]c23)CC1. The van der Waals surface area contributed by atoms with Crippen molar-refractivity contribution in [3.63, 3.8) is 0 Å². The highest BCUT2D eigenvalue weighted by atomic mass is 35.5. The molecule has 1 aromatic heterocycles. The zero-order valence-corrected chi connectivity index (χ0v) is 17.1. The van der Waals surface area contributed by atoms with Gasteiger partial charge in [0.15, 0.2) is 0 Å². The summed E-state index contributed by atoms with van der Waals surface area (Å²) in [6, 6.07) is 3.54. The molecule has 0 radical (unpaired) electrons. The van der Waals surface area contributed by atoms with Gasteiger partial charge in [0.25, 0.3) is 5.92 Å². The van der Waals surface area contributed by atoms with Crippen LogP contribution in [0.2, 0.25) is 5.02 Å². The molecule has 154 valence electrons. The van der Waals surface area contributed by atoms with Crippen LogP contribution in [0, 0.1) is 11.3 Å². The average molecular weight is 414 g/mol. The smallest absolute Gasteiger partial charge is 0.254 e. The highest BCUT2D eigenvalue weighted by molar-refractivity contribution is 6.31. The van der Waals surface area contributed by atoms with Crippen LogP contribution in [0.1, 0.15) is 51.7 Å². The number of hydrogen-bond donors (Lipinski definition) is 2. The lowest BCUT2D eigenvalue weighted by molar-refractivity contribution is -0.140. The third-order valence-electron chi connectivity index (χ3n) is 5.90. The Hall–Kier alpha value is -1.73. The van der Waals surface area contributed by atoms with E-state index in [9.17, 15) is 18.7 Å². The second-order valence-electron chi connectivity index (χ2n) is 8.46. The molecule has 0 saturated carbocycles. The first-order valence-electron chi connectivity index (χ1n) is 9.45. The van der Waals surface area contributed by atoms with Crippen molar-refractivity contribution in [2.45, 2.75) is 52.1 Å². The predicted octanol–water partition coefficient (Wildman–Crippen LogP) is 4.56. The van der Waals surface area contributed by atoms with E-state index in [0.717, 1.165) is 17.8 Å². The number of halogens is 3. The number of nitrogens with one attached hydrogen (secondary N) is 1. The number of aromatic amines is 1. The van der Waals surface area contributed by atoms with Crippen molar-refractivity contribution in [2.75, 3.05) is 13.1 Å². The summed E-state index contributed by atoms with van der Waals surface area (Å²) in [6.45, 7) is 5.58. The number of piperidine rings is 1. The summed E-state index contributed by atoms with van der Waals surface area (Å²) in [7, 11) is 0. The number of nitrogens with zero attached hydrogens (tertiary/aromatic N) is 2. The van der Waals surface area contributed by atoms with Gasteiger partial charge in [0, 0.05) is 29.1 Å². The van der Waals surface area contributed by atoms with Gasteiger partial charge in [-0.1, -0.05) is 25.4 Å². The Labute approximate surface area is 168 Å². The molecule has 1 atom stereocenters. The van der Waals surface area contributed by atoms with Gasteiger partial charge in [0.05, 0.1) is 24.2 Å². The lowest BCUT2D eigenvalue weighted by Crippen LogP contribution is -2.44. The molecule has 28 heavy (non-hydrogen) atoms. The number of aromatic nitrogens is 2. The topological polar surface area (TPSA) is 69.2 Å². The van der Waals surface area contributed by atoms with Crippen molar-refractivity contribution in [3.05, 3.63) is 28.9 Å². The van der Waals surface area contributed by atoms with Crippen molar-refractivity contribution in [1.29, 1.82) is 0 Å². The number of benzene rings is 1. The Balaban J connectivity index is 1.73. The second kappa shape index (κ2) is 7.59. The fourth-order valence-corrected chi connectivity index (χ4v) is 4.37. The Morgan fingerprint density at radius 2 is 2.00 bits per heavy atom. The van der Waals surface area contributed by atoms with Gasteiger partial charge in [-0.25, -0.2) is 8.78 Å². The van der Waals surface area contributed by atoms with Gasteiger partial charge in [-0.05, 0) is 43.2 Å². The van der Waals surface area contributed by atoms with Gasteiger partial charge >= 0.3 is 0 Å². The first-order chi connectivity index (χ1) is 13.0. The minimum Gasteiger partial charge on any atom is -0.388 e. The number of amides is 1. The van der Waals surface area contributed by atoms with Crippen LogP contribution < -0.4 is 0 Å². The van der Waals surface area contributed by atoms with Gasteiger partial charge in [0.1, 0.15) is 0 Å². The third kappa shape index (κ3) is 4.30. The van der Waals surface area contributed by atoms with Gasteiger partial charge in [-0.15, -0.1) is 0 Å². The molecule has 2 heterocycles. The van der Waals surface area contributed by atoms with Crippen LogP contribution >= 0.6 is 11.6 Å². The van der Waals surface area contributed by atoms with Crippen LogP contribution in [-0.2, 0) is 4.79 Å². The monoisotopic (exact) mass is 413 g/mol. The molecular formula is C20H26ClF2N3O2. The highest BCUT2D eigenvalue weighted by Crippen LogP contribution is 2.46. The Morgan fingerprint density at radius 3 is 2.61 bits per heavy atom. The van der Waals surface area contributed by atoms with E-state index in [1.165, 1.54) is 4.90 Å². The van der Waals surface area contributed by atoms with Gasteiger partial charge in [-0.2, -0.15) is 5.10 Å². The molecule has 0 bridgehead atoms. The van der Waals surface area contributed by atoms with Crippen molar-refractivity contribution in [2.24, 2.45) is 11.3 Å². The predicted molar refractivity (Wildman–Crippen MR) is 104 cm³/mol. The quantitative estimate of drug-likeness (QED) is 0.754. The number of likely N-dealkylation sites (tertiary alicyclic amines) is 1. The summed E-state index contributed by atoms with van der Waals surface area (Å²) in [5.41, 5.74) is 0.948. The normalized spacial score (nSPS) is 17.9. The minimum atomic E-state index is -2.99. The third-order valence-corrected chi connectivity index (χ3v) is 6.12. The molecule has 1 amide bonds. The summed E-state index contributed by atoms with van der Waals surface area (Å²) >= 11 is 6.21. The number of aliphatic hydroxyl groups is 1. The maximum atomic E-state index is 13.1. The molecule has 1 fully saturated rings. The number of aliphatic hydroxyl groups excluding tert-OH is 1. The number of alkyl halides is 2. The van der Waals surface area contributed by atoms with Gasteiger partial charge in [-0.3, -0.25) is 9.89 Å². The molecule has 5 nitrogen and oxygen atoms in total. The fourth-order valence-electron chi connectivity index (χ4n) is 4.14. The summed E-state index contributed by atoms with van der Waals surface area (Å²) < 4.78 is 26.2. The van der Waals surface area contributed by atoms with E-state index >= 15 is 0 Å². The number of H-pyrrole nitrogens is 1. The van der Waals surface area contributed by atoms with E-state index < -0.39 is 29.8 Å². The minimum absolute atomic E-state index is 0.130. The molecule has 0 spiro atoms. The standard InChI is InChI=1S/C20H26ClF2N3O2/c1-19(2,13-4-6-26(7-5-13)16(27)10-20(3,22)23)18(28)15-9-14(21)8-12-11-24-25-17(12)15/h8-9,11,13,18,28H,4-7,10H2,1-3H3,(H,24,25). The van der Waals surface area contributed by atoms with Gasteiger partial charge in [0.2, 0.25) is 5.91 Å². The molecular weight excluding hydrogens is 388 g/mol. The highest BCUT2D eigenvalue weighted by Gasteiger charge is 2.41. The zero-order chi connectivity index (χ0) is 20.7. The van der Waals surface area contributed by atoms with Crippen molar-refractivity contribution < 1.29 is 18.7 Å². The number of carbonyl (C=O) groups excluding carboxylic acids is 1. The molecule has 2 N–H and O–H groups in total. The fraction of sp³-hybridized carbons (Fsp3) is 0.600. The number of hydrogen-bond acceptors (Lipinski definition) is 3. The van der Waals surface area contributed by atoms with Crippen LogP contribution in [0.15, 0.2) is 18.3 Å². The molecule has 3 rings (SSSR count). The summed E-state index contributed by atoms with van der Waals surface area (Å²) in [6.07, 6.45) is 1.42. The molecule has 8 heteroatoms. The average Bonchev–Trinajstić information content (AvgIpc) is 3.07. The summed E-state index contributed by atoms with van der Waals surface area (Å²) in [5, 5.41) is 19.5. The van der Waals surface area contributed by atoms with Crippen LogP contribution in [0.3, 0.4) is 0 Å². The molecule has 0 aliphatic carbocycles. The Morgan fingerprint density at radius 1 is 1.36 bits per heavy atom. The van der Waals surface area contributed by atoms with Crippen LogP contribution in [0.5, 0.6) is 0 Å². The second-order valence-corrected chi connectivity index (χ2v) is 8.89. The largest absolute Gasteiger partial charge is 0.388 e. The Kier molecular flexibility index (Phi) is 5.69. The van der Waals surface area contributed by atoms with E-state index in [2.05, 4.69) is 10.2 Å². The lowest BCUT2D eigenvalue weighted by atomic mass is 9.68. The van der Waals surface area contributed by atoms with E-state index in [-0.39, 0.29) is 5.92 Å². The molecule has 1 saturated heterocycles. The maximum Gasteiger partial charge on any atom is 0.254 e. The molecule has 1 aromatic carbocycles. The van der Waals surface area contributed by atoms with Crippen LogP contribution in [-0.4, -0.2) is 45.1 Å². The summed E-state index contributed by atoms with van der Waals surface area (Å²) in [4.78, 5) is 13.6. The molecule has 1 aliphatic rings. The Bertz CT molecular complexity index is 855. The van der Waals surface area contributed by atoms with Crippen molar-refractivity contribution in [1.82, 2.24) is 15.1 Å². The number of carbonyl (C=O) groups is 1. The van der Waals surface area contributed by atoms with E-state index in [0.29, 0.717) is 36.5 Å². The van der Waals surface area contributed by atoms with Crippen molar-refractivity contribution >= 4 is 28.4 Å². The van der Waals surface area contributed by atoms with Crippen LogP contribution in [0.25, 0.3) is 10.9 Å². The molecule has 1 unspecified atom stereocenters. The summed E-state index contributed by atoms with van der Waals surface area (Å²) in [5.74, 6) is -3.38.